The quantitative estimate of drug-likeness (QED) is 0.690. The summed E-state index contributed by atoms with van der Waals surface area (Å²) in [7, 11) is 0. The Kier molecular flexibility index (Phi) is 4.65. The largest absolute Gasteiger partial charge is 0.444 e. The maximum absolute atomic E-state index is 13.8. The fraction of sp³-hybridized carbons (Fsp3) is 0.429. The second kappa shape index (κ2) is 5.75. The first-order valence-electron chi connectivity index (χ1n) is 6.11. The molecule has 116 valence electrons. The summed E-state index contributed by atoms with van der Waals surface area (Å²) in [6.45, 7) is 5.95. The summed E-state index contributed by atoms with van der Waals surface area (Å²) in [5.74, 6) is -4.64. The van der Waals surface area contributed by atoms with Crippen molar-refractivity contribution in [2.75, 3.05) is 0 Å². The van der Waals surface area contributed by atoms with Gasteiger partial charge in [-0.15, -0.1) is 0 Å². The molecule has 1 rings (SSSR count). The van der Waals surface area contributed by atoms with Gasteiger partial charge in [0.05, 0.1) is 0 Å². The first kappa shape index (κ1) is 17.0. The molecule has 7 heteroatoms. The van der Waals surface area contributed by atoms with Crippen LogP contribution in [-0.4, -0.2) is 18.0 Å². The number of benzene rings is 1. The van der Waals surface area contributed by atoms with Crippen LogP contribution in [0.3, 0.4) is 0 Å². The van der Waals surface area contributed by atoms with Gasteiger partial charge in [-0.3, -0.25) is 0 Å². The normalized spacial score (nSPS) is 14.2. The van der Waals surface area contributed by atoms with Crippen molar-refractivity contribution < 1.29 is 27.5 Å². The molecular formula is C14H16F3NO3. The Morgan fingerprint density at radius 2 is 1.71 bits per heavy atom. The zero-order chi connectivity index (χ0) is 16.4. The fourth-order valence-electron chi connectivity index (χ4n) is 1.60. The maximum Gasteiger partial charge on any atom is 0.408 e. The summed E-state index contributed by atoms with van der Waals surface area (Å²) < 4.78 is 44.9. The number of carbonyl (C=O) groups is 2. The van der Waals surface area contributed by atoms with Crippen molar-refractivity contribution in [1.29, 1.82) is 0 Å². The third kappa shape index (κ3) is 3.96. The van der Waals surface area contributed by atoms with E-state index in [4.69, 9.17) is 4.74 Å². The molecule has 0 bridgehead atoms. The van der Waals surface area contributed by atoms with Gasteiger partial charge < -0.3 is 14.8 Å². The highest BCUT2D eigenvalue weighted by Crippen LogP contribution is 2.25. The van der Waals surface area contributed by atoms with Gasteiger partial charge in [-0.2, -0.15) is 0 Å². The molecule has 1 aromatic carbocycles. The van der Waals surface area contributed by atoms with Gasteiger partial charge in [-0.25, -0.2) is 18.0 Å². The van der Waals surface area contributed by atoms with Crippen LogP contribution in [0.15, 0.2) is 12.1 Å². The van der Waals surface area contributed by atoms with E-state index in [2.05, 4.69) is 5.32 Å². The van der Waals surface area contributed by atoms with Gasteiger partial charge in [0, 0.05) is 5.56 Å². The van der Waals surface area contributed by atoms with Gasteiger partial charge in [-0.1, -0.05) is 6.07 Å². The number of hydrogen-bond donors (Lipinski definition) is 1. The summed E-state index contributed by atoms with van der Waals surface area (Å²) in [6.07, 6.45) is -0.770. The molecule has 0 fully saturated rings. The Balaban J connectivity index is 3.14. The van der Waals surface area contributed by atoms with Gasteiger partial charge in [0.15, 0.2) is 17.5 Å². The van der Waals surface area contributed by atoms with Crippen LogP contribution in [0.4, 0.5) is 18.0 Å². The van der Waals surface area contributed by atoms with Crippen LogP contribution in [0, 0.1) is 17.5 Å². The predicted octanol–water partition coefficient (Wildman–Crippen LogP) is 3.04. The van der Waals surface area contributed by atoms with Crippen LogP contribution in [0.1, 0.15) is 33.3 Å². The lowest BCUT2D eigenvalue weighted by Gasteiger charge is -2.28. The minimum Gasteiger partial charge on any atom is -0.444 e. The molecule has 0 aromatic heterocycles. The molecule has 0 spiro atoms. The third-order valence-electron chi connectivity index (χ3n) is 2.59. The van der Waals surface area contributed by atoms with Crippen LogP contribution in [0.5, 0.6) is 0 Å². The number of hydrogen-bond acceptors (Lipinski definition) is 3. The molecule has 1 amide bonds. The molecular weight excluding hydrogens is 287 g/mol. The highest BCUT2D eigenvalue weighted by molar-refractivity contribution is 5.78. The standard InChI is InChI=1S/C14H16F3NO3/c1-13(2,3)21-12(20)18-14(4,7-19)8-5-6-9(15)11(17)10(8)16/h5-7H,1-4H3,(H,18,20). The van der Waals surface area contributed by atoms with E-state index in [1.54, 1.807) is 20.8 Å². The highest BCUT2D eigenvalue weighted by atomic mass is 19.2. The van der Waals surface area contributed by atoms with Crippen molar-refractivity contribution in [3.05, 3.63) is 35.1 Å². The Hall–Kier alpha value is -2.05. The molecule has 0 saturated carbocycles. The Morgan fingerprint density at radius 1 is 1.14 bits per heavy atom. The lowest BCUT2D eigenvalue weighted by atomic mass is 9.93. The van der Waals surface area contributed by atoms with E-state index in [9.17, 15) is 22.8 Å². The molecule has 4 nitrogen and oxygen atoms in total. The van der Waals surface area contributed by atoms with E-state index >= 15 is 0 Å². The van der Waals surface area contributed by atoms with Crippen molar-refractivity contribution in [2.24, 2.45) is 0 Å². The first-order chi connectivity index (χ1) is 9.50. The van der Waals surface area contributed by atoms with Crippen LogP contribution in [0.25, 0.3) is 0 Å². The smallest absolute Gasteiger partial charge is 0.408 e. The predicted molar refractivity (Wildman–Crippen MR) is 69.1 cm³/mol. The molecule has 1 N–H and O–H groups in total. The van der Waals surface area contributed by atoms with E-state index < -0.39 is 40.2 Å². The molecule has 0 aliphatic heterocycles. The van der Waals surface area contributed by atoms with Crippen molar-refractivity contribution in [3.63, 3.8) is 0 Å². The summed E-state index contributed by atoms with van der Waals surface area (Å²) >= 11 is 0. The van der Waals surface area contributed by atoms with Crippen molar-refractivity contribution >= 4 is 12.4 Å². The van der Waals surface area contributed by atoms with Gasteiger partial charge in [-0.05, 0) is 33.8 Å². The Labute approximate surface area is 120 Å². The number of alkyl carbamates (subject to hydrolysis) is 1. The summed E-state index contributed by atoms with van der Waals surface area (Å²) in [5.41, 5.74) is -3.22. The second-order valence-corrected chi connectivity index (χ2v) is 5.67. The number of amides is 1. The van der Waals surface area contributed by atoms with Gasteiger partial charge in [0.25, 0.3) is 0 Å². The Morgan fingerprint density at radius 3 is 2.19 bits per heavy atom. The van der Waals surface area contributed by atoms with Crippen LogP contribution < -0.4 is 5.32 Å². The molecule has 0 heterocycles. The number of ether oxygens (including phenoxy) is 1. The number of aldehydes is 1. The van der Waals surface area contributed by atoms with Crippen LogP contribution >= 0.6 is 0 Å². The zero-order valence-electron chi connectivity index (χ0n) is 12.1. The molecule has 0 aliphatic carbocycles. The zero-order valence-corrected chi connectivity index (χ0v) is 12.1. The fourth-order valence-corrected chi connectivity index (χ4v) is 1.60. The minimum absolute atomic E-state index is 0.215. The second-order valence-electron chi connectivity index (χ2n) is 5.67. The van der Waals surface area contributed by atoms with Gasteiger partial charge in [0.2, 0.25) is 0 Å². The average molecular weight is 303 g/mol. The molecule has 21 heavy (non-hydrogen) atoms. The third-order valence-corrected chi connectivity index (χ3v) is 2.59. The molecule has 1 unspecified atom stereocenters. The number of halogens is 3. The van der Waals surface area contributed by atoms with Crippen molar-refractivity contribution in [2.45, 2.75) is 38.8 Å². The monoisotopic (exact) mass is 303 g/mol. The SMILES string of the molecule is CC(C)(C)OC(=O)NC(C)(C=O)c1ccc(F)c(F)c1F. The lowest BCUT2D eigenvalue weighted by molar-refractivity contribution is -0.113. The van der Waals surface area contributed by atoms with E-state index in [0.29, 0.717) is 6.07 Å². The average Bonchev–Trinajstić information content (AvgIpc) is 2.33. The summed E-state index contributed by atoms with van der Waals surface area (Å²) in [4.78, 5) is 22.9. The Bertz CT molecular complexity index is 569. The topological polar surface area (TPSA) is 55.4 Å². The molecule has 0 aliphatic rings. The van der Waals surface area contributed by atoms with Crippen molar-refractivity contribution in [3.8, 4) is 0 Å². The number of nitrogens with one attached hydrogen (secondary N) is 1. The summed E-state index contributed by atoms with van der Waals surface area (Å²) in [6, 6.07) is 1.56. The van der Waals surface area contributed by atoms with Gasteiger partial charge >= 0.3 is 6.09 Å². The van der Waals surface area contributed by atoms with Crippen LogP contribution in [0.2, 0.25) is 0 Å². The maximum atomic E-state index is 13.8. The van der Waals surface area contributed by atoms with E-state index in [0.717, 1.165) is 13.0 Å². The molecule has 1 atom stereocenters. The van der Waals surface area contributed by atoms with E-state index in [1.807, 2.05) is 0 Å². The lowest BCUT2D eigenvalue weighted by Crippen LogP contribution is -2.47. The van der Waals surface area contributed by atoms with Crippen LogP contribution in [-0.2, 0) is 15.1 Å². The van der Waals surface area contributed by atoms with Gasteiger partial charge in [0.1, 0.15) is 17.4 Å². The summed E-state index contributed by atoms with van der Waals surface area (Å²) in [5, 5.41) is 2.15. The molecule has 1 aromatic rings. The molecule has 0 radical (unpaired) electrons. The molecule has 0 saturated heterocycles. The first-order valence-corrected chi connectivity index (χ1v) is 6.11. The highest BCUT2D eigenvalue weighted by Gasteiger charge is 2.34. The van der Waals surface area contributed by atoms with E-state index in [-0.39, 0.29) is 6.29 Å². The van der Waals surface area contributed by atoms with E-state index in [1.165, 1.54) is 0 Å². The minimum atomic E-state index is -1.89. The van der Waals surface area contributed by atoms with Crippen molar-refractivity contribution in [1.82, 2.24) is 5.32 Å². The number of rotatable bonds is 3. The number of carbonyl (C=O) groups excluding carboxylic acids is 2.